The van der Waals surface area contributed by atoms with E-state index in [9.17, 15) is 5.11 Å². The van der Waals surface area contributed by atoms with E-state index in [1.54, 1.807) is 36.7 Å². The summed E-state index contributed by atoms with van der Waals surface area (Å²) in [4.78, 5) is 8.16. The molecule has 1 aromatic carbocycles. The Bertz CT molecular complexity index is 522. The van der Waals surface area contributed by atoms with Crippen LogP contribution in [0.3, 0.4) is 0 Å². The van der Waals surface area contributed by atoms with Crippen LogP contribution in [0.4, 0.5) is 5.95 Å². The SMILES string of the molecule is Oc1ccccc1OCCNCCCNc1ncccn1. The van der Waals surface area contributed by atoms with Gasteiger partial charge in [0.1, 0.15) is 6.61 Å². The zero-order chi connectivity index (χ0) is 14.8. The molecule has 112 valence electrons. The third-order valence-corrected chi connectivity index (χ3v) is 2.78. The summed E-state index contributed by atoms with van der Waals surface area (Å²) in [6.07, 6.45) is 4.39. The third kappa shape index (κ3) is 5.66. The van der Waals surface area contributed by atoms with Crippen molar-refractivity contribution in [2.75, 3.05) is 31.6 Å². The van der Waals surface area contributed by atoms with E-state index in [2.05, 4.69) is 20.6 Å². The van der Waals surface area contributed by atoms with Crippen LogP contribution in [0.2, 0.25) is 0 Å². The third-order valence-electron chi connectivity index (χ3n) is 2.78. The lowest BCUT2D eigenvalue weighted by atomic mass is 10.3. The number of phenolic OH excluding ortho intramolecular Hbond substituents is 1. The summed E-state index contributed by atoms with van der Waals surface area (Å²) in [5, 5.41) is 15.9. The molecule has 3 N–H and O–H groups in total. The Labute approximate surface area is 124 Å². The van der Waals surface area contributed by atoms with Crippen molar-refractivity contribution in [3.63, 3.8) is 0 Å². The van der Waals surface area contributed by atoms with Gasteiger partial charge in [-0.2, -0.15) is 0 Å². The van der Waals surface area contributed by atoms with Crippen molar-refractivity contribution in [2.45, 2.75) is 6.42 Å². The lowest BCUT2D eigenvalue weighted by Crippen LogP contribution is -2.23. The van der Waals surface area contributed by atoms with Gasteiger partial charge in [-0.25, -0.2) is 9.97 Å². The molecule has 21 heavy (non-hydrogen) atoms. The second kappa shape index (κ2) is 8.76. The molecule has 0 radical (unpaired) electrons. The van der Waals surface area contributed by atoms with Gasteiger partial charge in [-0.05, 0) is 31.2 Å². The van der Waals surface area contributed by atoms with Crippen molar-refractivity contribution in [3.8, 4) is 11.5 Å². The van der Waals surface area contributed by atoms with Gasteiger partial charge in [-0.15, -0.1) is 0 Å². The second-order valence-corrected chi connectivity index (χ2v) is 4.42. The minimum absolute atomic E-state index is 0.171. The summed E-state index contributed by atoms with van der Waals surface area (Å²) < 4.78 is 5.46. The molecule has 0 fully saturated rings. The fourth-order valence-corrected chi connectivity index (χ4v) is 1.74. The zero-order valence-electron chi connectivity index (χ0n) is 11.8. The van der Waals surface area contributed by atoms with Crippen molar-refractivity contribution in [1.29, 1.82) is 0 Å². The molecule has 0 saturated heterocycles. The number of nitrogens with zero attached hydrogens (tertiary/aromatic N) is 2. The van der Waals surface area contributed by atoms with E-state index in [0.29, 0.717) is 18.3 Å². The number of phenols is 1. The number of benzene rings is 1. The summed E-state index contributed by atoms with van der Waals surface area (Å²) >= 11 is 0. The Morgan fingerprint density at radius 3 is 2.62 bits per heavy atom. The molecule has 0 spiro atoms. The zero-order valence-corrected chi connectivity index (χ0v) is 11.8. The Balaban J connectivity index is 1.48. The molecule has 6 heteroatoms. The van der Waals surface area contributed by atoms with Crippen LogP contribution in [-0.2, 0) is 0 Å². The van der Waals surface area contributed by atoms with Gasteiger partial charge in [0.2, 0.25) is 5.95 Å². The summed E-state index contributed by atoms with van der Waals surface area (Å²) in [6, 6.07) is 8.75. The minimum Gasteiger partial charge on any atom is -0.504 e. The summed E-state index contributed by atoms with van der Waals surface area (Å²) in [7, 11) is 0. The van der Waals surface area contributed by atoms with Crippen LogP contribution in [0.5, 0.6) is 11.5 Å². The molecule has 0 atom stereocenters. The summed E-state index contributed by atoms with van der Waals surface area (Å²) in [6.45, 7) is 2.95. The monoisotopic (exact) mass is 288 g/mol. The highest BCUT2D eigenvalue weighted by molar-refractivity contribution is 5.37. The highest BCUT2D eigenvalue weighted by Gasteiger charge is 1.99. The number of ether oxygens (including phenoxy) is 1. The maximum absolute atomic E-state index is 9.53. The van der Waals surface area contributed by atoms with E-state index >= 15 is 0 Å². The lowest BCUT2D eigenvalue weighted by Gasteiger charge is -2.09. The van der Waals surface area contributed by atoms with E-state index in [1.165, 1.54) is 0 Å². The first-order valence-electron chi connectivity index (χ1n) is 6.98. The van der Waals surface area contributed by atoms with Crippen LogP contribution >= 0.6 is 0 Å². The van der Waals surface area contributed by atoms with Crippen molar-refractivity contribution in [3.05, 3.63) is 42.7 Å². The molecule has 1 heterocycles. The predicted octanol–water partition coefficient (Wildman–Crippen LogP) is 1.65. The maximum Gasteiger partial charge on any atom is 0.222 e. The van der Waals surface area contributed by atoms with E-state index in [1.807, 2.05) is 6.07 Å². The van der Waals surface area contributed by atoms with E-state index in [-0.39, 0.29) is 5.75 Å². The van der Waals surface area contributed by atoms with Crippen LogP contribution in [0.15, 0.2) is 42.7 Å². The molecule has 2 rings (SSSR count). The molecule has 2 aromatic rings. The molecule has 0 unspecified atom stereocenters. The van der Waals surface area contributed by atoms with Crippen molar-refractivity contribution in [2.24, 2.45) is 0 Å². The number of hydrogen-bond acceptors (Lipinski definition) is 6. The van der Waals surface area contributed by atoms with Gasteiger partial charge in [0, 0.05) is 25.5 Å². The van der Waals surface area contributed by atoms with Gasteiger partial charge >= 0.3 is 0 Å². The molecule has 0 aliphatic carbocycles. The van der Waals surface area contributed by atoms with Crippen LogP contribution in [0.1, 0.15) is 6.42 Å². The van der Waals surface area contributed by atoms with Crippen LogP contribution < -0.4 is 15.4 Å². The highest BCUT2D eigenvalue weighted by atomic mass is 16.5. The van der Waals surface area contributed by atoms with E-state index in [0.717, 1.165) is 26.1 Å². The quantitative estimate of drug-likeness (QED) is 0.609. The van der Waals surface area contributed by atoms with Gasteiger partial charge in [-0.3, -0.25) is 0 Å². The largest absolute Gasteiger partial charge is 0.504 e. The first-order valence-corrected chi connectivity index (χ1v) is 6.98. The van der Waals surface area contributed by atoms with Gasteiger partial charge in [0.05, 0.1) is 0 Å². The van der Waals surface area contributed by atoms with Gasteiger partial charge in [-0.1, -0.05) is 12.1 Å². The van der Waals surface area contributed by atoms with Gasteiger partial charge in [0.15, 0.2) is 11.5 Å². The average molecular weight is 288 g/mol. The van der Waals surface area contributed by atoms with Crippen molar-refractivity contribution in [1.82, 2.24) is 15.3 Å². The minimum atomic E-state index is 0.171. The summed E-state index contributed by atoms with van der Waals surface area (Å²) in [5.41, 5.74) is 0. The number of hydrogen-bond donors (Lipinski definition) is 3. The molecule has 1 aromatic heterocycles. The second-order valence-electron chi connectivity index (χ2n) is 4.42. The Morgan fingerprint density at radius 2 is 1.81 bits per heavy atom. The van der Waals surface area contributed by atoms with E-state index in [4.69, 9.17) is 4.74 Å². The Kier molecular flexibility index (Phi) is 6.28. The van der Waals surface area contributed by atoms with Crippen LogP contribution in [-0.4, -0.2) is 41.3 Å². The van der Waals surface area contributed by atoms with Gasteiger partial charge in [0.25, 0.3) is 0 Å². The molecule has 6 nitrogen and oxygen atoms in total. The number of aromatic hydroxyl groups is 1. The molecular weight excluding hydrogens is 268 g/mol. The first kappa shape index (κ1) is 15.1. The van der Waals surface area contributed by atoms with Gasteiger partial charge < -0.3 is 20.5 Å². The fraction of sp³-hybridized carbons (Fsp3) is 0.333. The van der Waals surface area contributed by atoms with E-state index < -0.39 is 0 Å². The number of rotatable bonds is 9. The normalized spacial score (nSPS) is 10.3. The molecular formula is C15H20N4O2. The predicted molar refractivity (Wildman–Crippen MR) is 81.6 cm³/mol. The molecule has 0 bridgehead atoms. The molecule has 0 aliphatic rings. The lowest BCUT2D eigenvalue weighted by molar-refractivity contribution is 0.297. The highest BCUT2D eigenvalue weighted by Crippen LogP contribution is 2.23. The standard InChI is InChI=1S/C15H20N4O2/c20-13-5-1-2-6-14(13)21-12-11-16-7-3-8-17-15-18-9-4-10-19-15/h1-2,4-6,9-10,16,20H,3,7-8,11-12H2,(H,17,18,19). The molecule has 0 amide bonds. The van der Waals surface area contributed by atoms with Crippen LogP contribution in [0.25, 0.3) is 0 Å². The fourth-order valence-electron chi connectivity index (χ4n) is 1.74. The molecule has 0 saturated carbocycles. The topological polar surface area (TPSA) is 79.3 Å². The Morgan fingerprint density at radius 1 is 1.00 bits per heavy atom. The average Bonchev–Trinajstić information content (AvgIpc) is 2.52. The first-order chi connectivity index (χ1) is 10.4. The molecule has 0 aliphatic heterocycles. The number of aromatic nitrogens is 2. The van der Waals surface area contributed by atoms with Crippen molar-refractivity contribution >= 4 is 5.95 Å². The Hall–Kier alpha value is -2.34. The number of nitrogens with one attached hydrogen (secondary N) is 2. The van der Waals surface area contributed by atoms with Crippen LogP contribution in [0, 0.1) is 0 Å². The maximum atomic E-state index is 9.53. The number of para-hydroxylation sites is 2. The summed E-state index contributed by atoms with van der Waals surface area (Å²) in [5.74, 6) is 1.34. The smallest absolute Gasteiger partial charge is 0.222 e. The number of anilines is 1. The van der Waals surface area contributed by atoms with Crippen molar-refractivity contribution < 1.29 is 9.84 Å².